The van der Waals surface area contributed by atoms with Crippen LogP contribution in [0.5, 0.6) is 0 Å². The van der Waals surface area contributed by atoms with Crippen molar-refractivity contribution in [3.63, 3.8) is 0 Å². The number of nitrogens with one attached hydrogen (secondary N) is 2. The lowest BCUT2D eigenvalue weighted by molar-refractivity contribution is -0.136. The number of amides is 2. The van der Waals surface area contributed by atoms with Crippen molar-refractivity contribution in [1.29, 1.82) is 0 Å². The van der Waals surface area contributed by atoms with Gasteiger partial charge in [0, 0.05) is 10.7 Å². The first kappa shape index (κ1) is 16.7. The van der Waals surface area contributed by atoms with E-state index in [0.29, 0.717) is 16.3 Å². The number of rotatable bonds is 4. The Morgan fingerprint density at radius 1 is 1.13 bits per heavy atom. The first-order chi connectivity index (χ1) is 11.1. The van der Waals surface area contributed by atoms with E-state index in [-0.39, 0.29) is 0 Å². The number of anilines is 1. The molecule has 2 aromatic rings. The van der Waals surface area contributed by atoms with E-state index in [9.17, 15) is 9.59 Å². The van der Waals surface area contributed by atoms with Crippen LogP contribution in [0.2, 0.25) is 5.02 Å². The highest BCUT2D eigenvalue weighted by Gasteiger charge is 2.12. The molecule has 2 N–H and O–H groups in total. The average molecular weight is 330 g/mol. The Morgan fingerprint density at radius 2 is 1.87 bits per heavy atom. The number of carbonyl (C=O) groups excluding carboxylic acids is 2. The molecule has 0 unspecified atom stereocenters. The van der Waals surface area contributed by atoms with Gasteiger partial charge in [-0.2, -0.15) is 5.10 Å². The minimum Gasteiger partial charge on any atom is -0.318 e. The van der Waals surface area contributed by atoms with Gasteiger partial charge in [-0.25, -0.2) is 5.43 Å². The SMILES string of the molecule is CCc1ccc(NC(=O)C(=O)N/N=C/c2cccc(Cl)c2)cc1. The van der Waals surface area contributed by atoms with E-state index in [4.69, 9.17) is 11.6 Å². The van der Waals surface area contributed by atoms with E-state index in [2.05, 4.69) is 15.8 Å². The maximum Gasteiger partial charge on any atom is 0.329 e. The van der Waals surface area contributed by atoms with Crippen LogP contribution in [0, 0.1) is 0 Å². The van der Waals surface area contributed by atoms with Crippen LogP contribution in [0.25, 0.3) is 0 Å². The molecule has 0 spiro atoms. The van der Waals surface area contributed by atoms with E-state index >= 15 is 0 Å². The van der Waals surface area contributed by atoms with Crippen molar-refractivity contribution in [2.24, 2.45) is 5.10 Å². The Kier molecular flexibility index (Phi) is 5.88. The van der Waals surface area contributed by atoms with Crippen molar-refractivity contribution < 1.29 is 9.59 Å². The fourth-order valence-electron chi connectivity index (χ4n) is 1.81. The summed E-state index contributed by atoms with van der Waals surface area (Å²) in [5.74, 6) is -1.62. The fourth-order valence-corrected chi connectivity index (χ4v) is 2.01. The summed E-state index contributed by atoms with van der Waals surface area (Å²) in [5.41, 5.74) is 4.59. The molecule has 2 aromatic carbocycles. The highest BCUT2D eigenvalue weighted by atomic mass is 35.5. The quantitative estimate of drug-likeness (QED) is 0.514. The molecule has 0 radical (unpaired) electrons. The first-order valence-electron chi connectivity index (χ1n) is 7.07. The number of nitrogens with zero attached hydrogens (tertiary/aromatic N) is 1. The molecular formula is C17H16ClN3O2. The predicted molar refractivity (Wildman–Crippen MR) is 91.6 cm³/mol. The number of halogens is 1. The van der Waals surface area contributed by atoms with Crippen LogP contribution in [0.4, 0.5) is 5.69 Å². The van der Waals surface area contributed by atoms with Gasteiger partial charge in [0.25, 0.3) is 0 Å². The molecule has 6 heteroatoms. The summed E-state index contributed by atoms with van der Waals surface area (Å²) in [4.78, 5) is 23.4. The van der Waals surface area contributed by atoms with Gasteiger partial charge in [-0.05, 0) is 41.8 Å². The number of benzene rings is 2. The van der Waals surface area contributed by atoms with Gasteiger partial charge < -0.3 is 5.32 Å². The Balaban J connectivity index is 1.88. The zero-order valence-electron chi connectivity index (χ0n) is 12.5. The molecule has 0 aliphatic heterocycles. The Morgan fingerprint density at radius 3 is 2.52 bits per heavy atom. The summed E-state index contributed by atoms with van der Waals surface area (Å²) in [6, 6.07) is 14.2. The normalized spacial score (nSPS) is 10.5. The van der Waals surface area contributed by atoms with Crippen LogP contribution in [0.3, 0.4) is 0 Å². The van der Waals surface area contributed by atoms with E-state index in [1.807, 2.05) is 19.1 Å². The summed E-state index contributed by atoms with van der Waals surface area (Å²) in [6.45, 7) is 2.04. The predicted octanol–water partition coefficient (Wildman–Crippen LogP) is 2.99. The number of hydrogen-bond acceptors (Lipinski definition) is 3. The van der Waals surface area contributed by atoms with Crippen LogP contribution in [-0.4, -0.2) is 18.0 Å². The van der Waals surface area contributed by atoms with Gasteiger partial charge in [-0.3, -0.25) is 9.59 Å². The van der Waals surface area contributed by atoms with Crippen molar-refractivity contribution in [1.82, 2.24) is 5.43 Å². The summed E-state index contributed by atoms with van der Waals surface area (Å²) in [5, 5.41) is 6.80. The number of aryl methyl sites for hydroxylation is 1. The summed E-state index contributed by atoms with van der Waals surface area (Å²) < 4.78 is 0. The van der Waals surface area contributed by atoms with Gasteiger partial charge in [0.2, 0.25) is 0 Å². The van der Waals surface area contributed by atoms with E-state index < -0.39 is 11.8 Å². The lowest BCUT2D eigenvalue weighted by Crippen LogP contribution is -2.32. The van der Waals surface area contributed by atoms with Gasteiger partial charge in [0.05, 0.1) is 6.21 Å². The highest BCUT2D eigenvalue weighted by molar-refractivity contribution is 6.39. The van der Waals surface area contributed by atoms with Gasteiger partial charge in [-0.15, -0.1) is 0 Å². The van der Waals surface area contributed by atoms with Crippen molar-refractivity contribution in [3.8, 4) is 0 Å². The van der Waals surface area contributed by atoms with E-state index in [1.54, 1.807) is 36.4 Å². The van der Waals surface area contributed by atoms with Gasteiger partial charge in [-0.1, -0.05) is 42.8 Å². The van der Waals surface area contributed by atoms with Crippen LogP contribution in [0.15, 0.2) is 53.6 Å². The van der Waals surface area contributed by atoms with Crippen LogP contribution in [-0.2, 0) is 16.0 Å². The summed E-state index contributed by atoms with van der Waals surface area (Å²) in [7, 11) is 0. The highest BCUT2D eigenvalue weighted by Crippen LogP contribution is 2.10. The van der Waals surface area contributed by atoms with E-state index in [0.717, 1.165) is 12.0 Å². The number of hydrogen-bond donors (Lipinski definition) is 2. The second-order valence-electron chi connectivity index (χ2n) is 4.76. The zero-order chi connectivity index (χ0) is 16.7. The topological polar surface area (TPSA) is 70.6 Å². The molecule has 0 heterocycles. The number of carbonyl (C=O) groups is 2. The van der Waals surface area contributed by atoms with Crippen molar-refractivity contribution in [2.75, 3.05) is 5.32 Å². The fraction of sp³-hybridized carbons (Fsp3) is 0.118. The van der Waals surface area contributed by atoms with Crippen molar-refractivity contribution in [2.45, 2.75) is 13.3 Å². The molecule has 5 nitrogen and oxygen atoms in total. The maximum atomic E-state index is 11.7. The Bertz CT molecular complexity index is 727. The lowest BCUT2D eigenvalue weighted by atomic mass is 10.1. The van der Waals surface area contributed by atoms with Crippen LogP contribution < -0.4 is 10.7 Å². The third kappa shape index (κ3) is 5.23. The molecule has 0 aliphatic carbocycles. The smallest absolute Gasteiger partial charge is 0.318 e. The second-order valence-corrected chi connectivity index (χ2v) is 5.20. The third-order valence-electron chi connectivity index (χ3n) is 3.05. The molecule has 2 amide bonds. The largest absolute Gasteiger partial charge is 0.329 e. The average Bonchev–Trinajstić information content (AvgIpc) is 2.55. The number of hydrazone groups is 1. The minimum absolute atomic E-state index is 0.557. The van der Waals surface area contributed by atoms with Crippen LogP contribution in [0.1, 0.15) is 18.1 Å². The zero-order valence-corrected chi connectivity index (χ0v) is 13.3. The molecule has 0 aromatic heterocycles. The van der Waals surface area contributed by atoms with Gasteiger partial charge in [0.15, 0.2) is 0 Å². The molecule has 118 valence electrons. The Hall–Kier alpha value is -2.66. The molecule has 0 atom stereocenters. The molecule has 0 saturated carbocycles. The molecule has 23 heavy (non-hydrogen) atoms. The maximum absolute atomic E-state index is 11.7. The molecule has 0 bridgehead atoms. The third-order valence-corrected chi connectivity index (χ3v) is 3.29. The molecule has 2 rings (SSSR count). The molecule has 0 saturated heterocycles. The standard InChI is InChI=1S/C17H16ClN3O2/c1-2-12-6-8-15(9-7-12)20-16(22)17(23)21-19-11-13-4-3-5-14(18)10-13/h3-11H,2H2,1H3,(H,20,22)(H,21,23)/b19-11+. The van der Waals surface area contributed by atoms with E-state index in [1.165, 1.54) is 6.21 Å². The molecule has 0 aliphatic rings. The monoisotopic (exact) mass is 329 g/mol. The van der Waals surface area contributed by atoms with Crippen molar-refractivity contribution in [3.05, 3.63) is 64.7 Å². The first-order valence-corrected chi connectivity index (χ1v) is 7.45. The molecular weight excluding hydrogens is 314 g/mol. The minimum atomic E-state index is -0.845. The van der Waals surface area contributed by atoms with Crippen molar-refractivity contribution >= 4 is 35.3 Å². The molecule has 0 fully saturated rings. The van der Waals surface area contributed by atoms with Crippen LogP contribution >= 0.6 is 11.6 Å². The lowest BCUT2D eigenvalue weighted by Gasteiger charge is -2.04. The Labute approximate surface area is 139 Å². The van der Waals surface area contributed by atoms with Gasteiger partial charge >= 0.3 is 11.8 Å². The van der Waals surface area contributed by atoms with Gasteiger partial charge in [0.1, 0.15) is 0 Å². The second kappa shape index (κ2) is 8.10. The summed E-state index contributed by atoms with van der Waals surface area (Å²) in [6.07, 6.45) is 2.32. The summed E-state index contributed by atoms with van der Waals surface area (Å²) >= 11 is 5.84.